The van der Waals surface area contributed by atoms with Crippen molar-refractivity contribution in [3.63, 3.8) is 0 Å². The van der Waals surface area contributed by atoms with E-state index in [0.717, 1.165) is 12.8 Å². The third-order valence-electron chi connectivity index (χ3n) is 5.89. The number of nitrogens with zero attached hydrogens (tertiary/aromatic N) is 4. The van der Waals surface area contributed by atoms with E-state index >= 15 is 0 Å². The fourth-order valence-electron chi connectivity index (χ4n) is 3.90. The minimum Gasteiger partial charge on any atom is -0.444 e. The van der Waals surface area contributed by atoms with E-state index in [1.807, 2.05) is 25.7 Å². The van der Waals surface area contributed by atoms with Crippen molar-refractivity contribution < 1.29 is 9.53 Å². The van der Waals surface area contributed by atoms with E-state index in [1.54, 1.807) is 25.2 Å². The van der Waals surface area contributed by atoms with Crippen molar-refractivity contribution in [1.29, 1.82) is 0 Å². The molecule has 1 saturated heterocycles. The number of piperidine rings is 1. The minimum atomic E-state index is -0.549. The lowest BCUT2D eigenvalue weighted by Crippen LogP contribution is -2.47. The summed E-state index contributed by atoms with van der Waals surface area (Å²) in [6, 6.07) is 4.96. The number of anilines is 1. The first-order chi connectivity index (χ1) is 15.8. The molecule has 0 spiro atoms. The van der Waals surface area contributed by atoms with Gasteiger partial charge in [0.05, 0.1) is 15.6 Å². The first kappa shape index (κ1) is 25.9. The average molecular weight is 506 g/mol. The molecule has 34 heavy (non-hydrogen) atoms. The van der Waals surface area contributed by atoms with Crippen LogP contribution in [0.2, 0.25) is 10.0 Å². The Morgan fingerprint density at radius 2 is 1.94 bits per heavy atom. The van der Waals surface area contributed by atoms with Gasteiger partial charge in [-0.25, -0.2) is 4.79 Å². The summed E-state index contributed by atoms with van der Waals surface area (Å²) in [5.41, 5.74) is -0.507. The number of alkyl carbamates (subject to hydrolysis) is 1. The van der Waals surface area contributed by atoms with Gasteiger partial charge in [-0.15, -0.1) is 0 Å². The predicted molar refractivity (Wildman–Crippen MR) is 135 cm³/mol. The van der Waals surface area contributed by atoms with Crippen LogP contribution in [0.15, 0.2) is 23.0 Å². The molecule has 1 aromatic heterocycles. The van der Waals surface area contributed by atoms with Crippen molar-refractivity contribution in [1.82, 2.24) is 14.9 Å². The standard InChI is InChI=1S/C24H29Cl2N5O3/c1-23(2,3)34-22(33)28-14-24(4)10-12-31(13-11-24)21-29-19(27-5)17(20(32)30(21)6)15-8-7-9-16(25)18(15)26/h7-9H,10-14H2,1-4,6H3,(H,28,33). The fourth-order valence-corrected chi connectivity index (χ4v) is 4.29. The number of benzene rings is 1. The number of rotatable bonds is 4. The van der Waals surface area contributed by atoms with Crippen LogP contribution >= 0.6 is 23.2 Å². The fraction of sp³-hybridized carbons (Fsp3) is 0.500. The van der Waals surface area contributed by atoms with E-state index in [-0.39, 0.29) is 27.4 Å². The molecule has 2 aromatic rings. The number of carbonyl (C=O) groups is 1. The Morgan fingerprint density at radius 1 is 1.29 bits per heavy atom. The van der Waals surface area contributed by atoms with Gasteiger partial charge in [0.25, 0.3) is 11.4 Å². The van der Waals surface area contributed by atoms with Crippen molar-refractivity contribution in [3.05, 3.63) is 50.0 Å². The molecule has 0 unspecified atom stereocenters. The van der Waals surface area contributed by atoms with Gasteiger partial charge >= 0.3 is 12.0 Å². The van der Waals surface area contributed by atoms with Gasteiger partial charge in [0.2, 0.25) is 0 Å². The highest BCUT2D eigenvalue weighted by atomic mass is 35.5. The summed E-state index contributed by atoms with van der Waals surface area (Å²) in [4.78, 5) is 35.4. The molecule has 8 nitrogen and oxygen atoms in total. The third kappa shape index (κ3) is 5.65. The lowest BCUT2D eigenvalue weighted by Gasteiger charge is -2.39. The van der Waals surface area contributed by atoms with Crippen molar-refractivity contribution in [2.45, 2.75) is 46.1 Å². The van der Waals surface area contributed by atoms with Crippen molar-refractivity contribution in [2.24, 2.45) is 12.5 Å². The quantitative estimate of drug-likeness (QED) is 0.559. The number of hydrogen-bond donors (Lipinski definition) is 1. The maximum atomic E-state index is 13.3. The van der Waals surface area contributed by atoms with Crippen molar-refractivity contribution in [2.75, 3.05) is 24.5 Å². The number of carbonyl (C=O) groups excluding carboxylic acids is 1. The molecule has 1 N–H and O–H groups in total. The second-order valence-electron chi connectivity index (χ2n) is 9.84. The van der Waals surface area contributed by atoms with Gasteiger partial charge in [-0.3, -0.25) is 9.36 Å². The van der Waals surface area contributed by atoms with Crippen LogP contribution in [0.4, 0.5) is 16.6 Å². The van der Waals surface area contributed by atoms with Crippen LogP contribution in [0.25, 0.3) is 16.0 Å². The van der Waals surface area contributed by atoms with Crippen LogP contribution in [-0.2, 0) is 11.8 Å². The van der Waals surface area contributed by atoms with Crippen LogP contribution in [0.5, 0.6) is 0 Å². The Hall–Kier alpha value is -2.76. The Bertz CT molecular complexity index is 1190. The largest absolute Gasteiger partial charge is 0.444 e. The molecule has 2 heterocycles. The van der Waals surface area contributed by atoms with Gasteiger partial charge in [-0.05, 0) is 50.7 Å². The Kier molecular flexibility index (Phi) is 7.49. The van der Waals surface area contributed by atoms with E-state index in [1.165, 1.54) is 4.57 Å². The molecule has 0 radical (unpaired) electrons. The summed E-state index contributed by atoms with van der Waals surface area (Å²) in [7, 11) is 1.64. The molecule has 10 heteroatoms. The lowest BCUT2D eigenvalue weighted by atomic mass is 9.80. The second-order valence-corrected chi connectivity index (χ2v) is 10.6. The van der Waals surface area contributed by atoms with Gasteiger partial charge in [0.1, 0.15) is 5.60 Å². The van der Waals surface area contributed by atoms with Crippen LogP contribution in [-0.4, -0.2) is 40.9 Å². The second kappa shape index (κ2) is 9.85. The van der Waals surface area contributed by atoms with Crippen LogP contribution in [0.1, 0.15) is 40.5 Å². The molecule has 3 rings (SSSR count). The van der Waals surface area contributed by atoms with Gasteiger partial charge in [-0.1, -0.05) is 53.8 Å². The molecule has 1 aromatic carbocycles. The normalized spacial score (nSPS) is 15.5. The van der Waals surface area contributed by atoms with E-state index < -0.39 is 11.7 Å². The molecule has 0 atom stereocenters. The maximum absolute atomic E-state index is 13.3. The molecule has 1 aliphatic heterocycles. The summed E-state index contributed by atoms with van der Waals surface area (Å²) < 4.78 is 6.77. The molecular formula is C24H29Cl2N5O3. The number of ether oxygens (including phenoxy) is 1. The number of aromatic nitrogens is 2. The first-order valence-electron chi connectivity index (χ1n) is 11.0. The van der Waals surface area contributed by atoms with Gasteiger partial charge < -0.3 is 19.8 Å². The zero-order chi connectivity index (χ0) is 25.3. The molecule has 182 valence electrons. The molecule has 0 aliphatic carbocycles. The Labute approximate surface area is 209 Å². The zero-order valence-corrected chi connectivity index (χ0v) is 21.5. The maximum Gasteiger partial charge on any atom is 0.407 e. The van der Waals surface area contributed by atoms with Gasteiger partial charge in [0, 0.05) is 26.7 Å². The average Bonchev–Trinajstić information content (AvgIpc) is 2.76. The third-order valence-corrected chi connectivity index (χ3v) is 6.71. The Balaban J connectivity index is 1.80. The SMILES string of the molecule is [C-]#[N+]c1nc(N2CCC(C)(CNC(=O)OC(C)(C)C)CC2)n(C)c(=O)c1-c1cccc(Cl)c1Cl. The topological polar surface area (TPSA) is 80.8 Å². The summed E-state index contributed by atoms with van der Waals surface area (Å²) in [5, 5.41) is 3.38. The van der Waals surface area contributed by atoms with E-state index in [2.05, 4.69) is 22.1 Å². The highest BCUT2D eigenvalue weighted by molar-refractivity contribution is 6.43. The van der Waals surface area contributed by atoms with E-state index in [9.17, 15) is 9.59 Å². The highest BCUT2D eigenvalue weighted by Crippen LogP contribution is 2.37. The first-order valence-corrected chi connectivity index (χ1v) is 11.8. The molecule has 1 amide bonds. The molecule has 0 saturated carbocycles. The van der Waals surface area contributed by atoms with Crippen molar-refractivity contribution in [3.8, 4) is 11.1 Å². The lowest BCUT2D eigenvalue weighted by molar-refractivity contribution is 0.0495. The highest BCUT2D eigenvalue weighted by Gasteiger charge is 2.34. The number of amides is 1. The molecule has 1 fully saturated rings. The minimum absolute atomic E-state index is 0.0119. The van der Waals surface area contributed by atoms with Gasteiger partial charge in [0.15, 0.2) is 0 Å². The summed E-state index contributed by atoms with van der Waals surface area (Å²) >= 11 is 12.5. The van der Waals surface area contributed by atoms with Crippen LogP contribution in [0, 0.1) is 12.0 Å². The van der Waals surface area contributed by atoms with Crippen LogP contribution in [0.3, 0.4) is 0 Å². The van der Waals surface area contributed by atoms with Crippen LogP contribution < -0.4 is 15.8 Å². The van der Waals surface area contributed by atoms with Gasteiger partial charge in [-0.2, -0.15) is 0 Å². The summed E-state index contributed by atoms with van der Waals surface area (Å²) in [6.07, 6.45) is 1.11. The molecular weight excluding hydrogens is 477 g/mol. The predicted octanol–water partition coefficient (Wildman–Crippen LogP) is 5.44. The molecule has 1 aliphatic rings. The zero-order valence-electron chi connectivity index (χ0n) is 20.0. The Morgan fingerprint density at radius 3 is 2.53 bits per heavy atom. The number of nitrogens with one attached hydrogen (secondary N) is 1. The number of hydrogen-bond acceptors (Lipinski definition) is 5. The smallest absolute Gasteiger partial charge is 0.407 e. The van der Waals surface area contributed by atoms with E-state index in [0.29, 0.717) is 36.2 Å². The van der Waals surface area contributed by atoms with E-state index in [4.69, 9.17) is 34.5 Å². The summed E-state index contributed by atoms with van der Waals surface area (Å²) in [6.45, 7) is 17.0. The molecule has 0 bridgehead atoms. The van der Waals surface area contributed by atoms with Crippen molar-refractivity contribution >= 4 is 41.1 Å². The number of halogens is 2. The monoisotopic (exact) mass is 505 g/mol. The summed E-state index contributed by atoms with van der Waals surface area (Å²) in [5.74, 6) is 0.419.